The predicted molar refractivity (Wildman–Crippen MR) is 61.7 cm³/mol. The van der Waals surface area contributed by atoms with Crippen molar-refractivity contribution in [1.82, 2.24) is 4.98 Å². The molecule has 4 heteroatoms. The van der Waals surface area contributed by atoms with Crippen LogP contribution in [0.3, 0.4) is 0 Å². The maximum atomic E-state index is 9.04. The van der Waals surface area contributed by atoms with Crippen LogP contribution in [0, 0.1) is 11.8 Å². The van der Waals surface area contributed by atoms with Crippen molar-refractivity contribution in [3.8, 4) is 0 Å². The van der Waals surface area contributed by atoms with E-state index in [0.717, 1.165) is 40.9 Å². The van der Waals surface area contributed by atoms with E-state index < -0.39 is 0 Å². The number of nitrogens with zero attached hydrogens (tertiary/aromatic N) is 2. The van der Waals surface area contributed by atoms with Gasteiger partial charge < -0.3 is 10.0 Å². The molecule has 3 nitrogen and oxygen atoms in total. The topological polar surface area (TPSA) is 36.4 Å². The third-order valence-electron chi connectivity index (χ3n) is 3.38. The number of rotatable bonds is 2. The lowest BCUT2D eigenvalue weighted by Gasteiger charge is -2.19. The third-order valence-corrected chi connectivity index (χ3v) is 4.07. The maximum absolute atomic E-state index is 9.04. The van der Waals surface area contributed by atoms with Crippen molar-refractivity contribution in [1.29, 1.82) is 0 Å². The van der Waals surface area contributed by atoms with Crippen LogP contribution >= 0.6 is 15.9 Å². The lowest BCUT2D eigenvalue weighted by molar-refractivity contribution is 0.280. The average molecular weight is 269 g/mol. The summed E-state index contributed by atoms with van der Waals surface area (Å²) in [5, 5.41) is 9.04. The fourth-order valence-electron chi connectivity index (χ4n) is 2.33. The first kappa shape index (κ1) is 9.60. The Morgan fingerprint density at radius 1 is 1.40 bits per heavy atom. The Morgan fingerprint density at radius 2 is 2.13 bits per heavy atom. The van der Waals surface area contributed by atoms with E-state index in [1.54, 1.807) is 0 Å². The highest BCUT2D eigenvalue weighted by molar-refractivity contribution is 9.10. The number of pyridine rings is 1. The van der Waals surface area contributed by atoms with Gasteiger partial charge in [-0.1, -0.05) is 6.07 Å². The van der Waals surface area contributed by atoms with Crippen LogP contribution in [0.5, 0.6) is 0 Å². The lowest BCUT2D eigenvalue weighted by Crippen LogP contribution is -2.22. The molecule has 1 saturated carbocycles. The Labute approximate surface area is 97.3 Å². The highest BCUT2D eigenvalue weighted by Crippen LogP contribution is 2.46. The molecule has 0 radical (unpaired) electrons. The van der Waals surface area contributed by atoms with Gasteiger partial charge in [0.05, 0.1) is 6.61 Å². The van der Waals surface area contributed by atoms with E-state index >= 15 is 0 Å². The second-order valence-corrected chi connectivity index (χ2v) is 5.19. The zero-order chi connectivity index (χ0) is 10.4. The van der Waals surface area contributed by atoms with Gasteiger partial charge in [-0.15, -0.1) is 0 Å². The largest absolute Gasteiger partial charge is 0.392 e. The summed E-state index contributed by atoms with van der Waals surface area (Å²) in [6.07, 6.45) is 1.41. The van der Waals surface area contributed by atoms with Gasteiger partial charge in [-0.3, -0.25) is 0 Å². The summed E-state index contributed by atoms with van der Waals surface area (Å²) in [4.78, 5) is 6.80. The van der Waals surface area contributed by atoms with Gasteiger partial charge in [0.25, 0.3) is 0 Å². The van der Waals surface area contributed by atoms with Gasteiger partial charge in [-0.2, -0.15) is 0 Å². The third kappa shape index (κ3) is 1.66. The van der Waals surface area contributed by atoms with Crippen LogP contribution in [0.2, 0.25) is 0 Å². The van der Waals surface area contributed by atoms with Crippen LogP contribution in [0.15, 0.2) is 16.7 Å². The first-order valence-corrected chi connectivity index (χ1v) is 6.08. The van der Waals surface area contributed by atoms with Gasteiger partial charge in [-0.05, 0) is 40.3 Å². The molecule has 15 heavy (non-hydrogen) atoms. The molecule has 80 valence electrons. The summed E-state index contributed by atoms with van der Waals surface area (Å²) in [6.45, 7) is 2.35. The fraction of sp³-hybridized carbons (Fsp3) is 0.545. The van der Waals surface area contributed by atoms with E-state index in [0.29, 0.717) is 0 Å². The second-order valence-electron chi connectivity index (χ2n) is 4.44. The number of fused-ring (bicyclic) bond motifs is 1. The van der Waals surface area contributed by atoms with Gasteiger partial charge in [0, 0.05) is 18.7 Å². The highest BCUT2D eigenvalue weighted by Gasteiger charge is 2.45. The molecule has 0 aromatic carbocycles. The minimum Gasteiger partial charge on any atom is -0.392 e. The number of aromatic nitrogens is 1. The highest BCUT2D eigenvalue weighted by atomic mass is 79.9. The molecule has 1 aromatic rings. The van der Waals surface area contributed by atoms with E-state index in [1.165, 1.54) is 6.42 Å². The molecule has 0 bridgehead atoms. The number of aliphatic hydroxyl groups excluding tert-OH is 1. The Hall–Kier alpha value is -0.610. The minimum atomic E-state index is 0.0408. The fourth-order valence-corrected chi connectivity index (χ4v) is 2.77. The summed E-state index contributed by atoms with van der Waals surface area (Å²) in [5.74, 6) is 2.87. The normalized spacial score (nSPS) is 28.0. The number of hydrogen-bond donors (Lipinski definition) is 1. The molecule has 1 aliphatic carbocycles. The molecule has 1 N–H and O–H groups in total. The van der Waals surface area contributed by atoms with Gasteiger partial charge in [-0.25, -0.2) is 4.98 Å². The summed E-state index contributed by atoms with van der Waals surface area (Å²) in [5.41, 5.74) is 0.850. The van der Waals surface area contributed by atoms with Crippen molar-refractivity contribution >= 4 is 21.7 Å². The molecule has 1 saturated heterocycles. The molecule has 3 rings (SSSR count). The number of anilines is 1. The average Bonchev–Trinajstić information content (AvgIpc) is 2.86. The van der Waals surface area contributed by atoms with Crippen LogP contribution < -0.4 is 4.90 Å². The first-order chi connectivity index (χ1) is 7.28. The van der Waals surface area contributed by atoms with Crippen LogP contribution in [-0.2, 0) is 6.61 Å². The van der Waals surface area contributed by atoms with E-state index in [4.69, 9.17) is 5.11 Å². The monoisotopic (exact) mass is 268 g/mol. The van der Waals surface area contributed by atoms with Crippen molar-refractivity contribution in [2.75, 3.05) is 18.0 Å². The van der Waals surface area contributed by atoms with E-state index in [-0.39, 0.29) is 6.61 Å². The van der Waals surface area contributed by atoms with Crippen molar-refractivity contribution in [2.24, 2.45) is 11.8 Å². The zero-order valence-electron chi connectivity index (χ0n) is 8.36. The maximum Gasteiger partial charge on any atom is 0.129 e. The van der Waals surface area contributed by atoms with Crippen LogP contribution in [-0.4, -0.2) is 23.2 Å². The summed E-state index contributed by atoms with van der Waals surface area (Å²) < 4.78 is 0.767. The first-order valence-electron chi connectivity index (χ1n) is 5.29. The van der Waals surface area contributed by atoms with Crippen LogP contribution in [0.4, 0.5) is 5.82 Å². The van der Waals surface area contributed by atoms with E-state index in [2.05, 4.69) is 25.8 Å². The summed E-state index contributed by atoms with van der Waals surface area (Å²) >= 11 is 3.38. The molecule has 2 fully saturated rings. The van der Waals surface area contributed by atoms with Gasteiger partial charge in [0.2, 0.25) is 0 Å². The van der Waals surface area contributed by atoms with Gasteiger partial charge in [0.15, 0.2) is 0 Å². The van der Waals surface area contributed by atoms with Crippen molar-refractivity contribution < 1.29 is 5.11 Å². The molecule has 2 unspecified atom stereocenters. The number of halogens is 1. The Balaban J connectivity index is 1.83. The number of aliphatic hydroxyl groups is 1. The second kappa shape index (κ2) is 3.46. The standard InChI is InChI=1S/C11H13BrN2O/c12-11-7(6-15)1-2-10(13-11)14-4-8-3-9(8)5-14/h1-2,8-9,15H,3-6H2. The summed E-state index contributed by atoms with van der Waals surface area (Å²) in [6, 6.07) is 3.94. The van der Waals surface area contributed by atoms with Crippen LogP contribution in [0.25, 0.3) is 0 Å². The smallest absolute Gasteiger partial charge is 0.129 e. The molecule has 2 aliphatic rings. The van der Waals surface area contributed by atoms with Crippen molar-refractivity contribution in [2.45, 2.75) is 13.0 Å². The predicted octanol–water partition coefficient (Wildman–Crippen LogP) is 1.79. The molecule has 1 aliphatic heterocycles. The zero-order valence-corrected chi connectivity index (χ0v) is 9.94. The Kier molecular flexibility index (Phi) is 2.21. The quantitative estimate of drug-likeness (QED) is 0.831. The molecular formula is C11H13BrN2O. The molecule has 2 heterocycles. The Morgan fingerprint density at radius 3 is 2.73 bits per heavy atom. The summed E-state index contributed by atoms with van der Waals surface area (Å²) in [7, 11) is 0. The van der Waals surface area contributed by atoms with Gasteiger partial charge >= 0.3 is 0 Å². The van der Waals surface area contributed by atoms with Gasteiger partial charge in [0.1, 0.15) is 10.4 Å². The molecule has 2 atom stereocenters. The number of hydrogen-bond acceptors (Lipinski definition) is 3. The van der Waals surface area contributed by atoms with E-state index in [1.807, 2.05) is 12.1 Å². The lowest BCUT2D eigenvalue weighted by atomic mass is 10.3. The van der Waals surface area contributed by atoms with Crippen LogP contribution in [0.1, 0.15) is 12.0 Å². The Bertz CT molecular complexity index is 386. The minimum absolute atomic E-state index is 0.0408. The van der Waals surface area contributed by atoms with Crippen molar-refractivity contribution in [3.05, 3.63) is 22.3 Å². The number of piperidine rings is 1. The van der Waals surface area contributed by atoms with Crippen molar-refractivity contribution in [3.63, 3.8) is 0 Å². The SMILES string of the molecule is OCc1ccc(N2CC3CC3C2)nc1Br. The molecule has 0 amide bonds. The molecule has 1 aromatic heterocycles. The van der Waals surface area contributed by atoms with E-state index in [9.17, 15) is 0 Å². The molecular weight excluding hydrogens is 256 g/mol. The molecule has 0 spiro atoms.